The number of nitrogens with one attached hydrogen (secondary N) is 2. The predicted octanol–water partition coefficient (Wildman–Crippen LogP) is 2.20. The topological polar surface area (TPSA) is 58.4 Å². The van der Waals surface area contributed by atoms with E-state index in [2.05, 4.69) is 21.5 Å². The number of aromatic nitrogens is 1. The molecule has 0 unspecified atom stereocenters. The molecular formula is C19H23IN4O. The molecule has 1 aromatic carbocycles. The van der Waals surface area contributed by atoms with Gasteiger partial charge in [0.2, 0.25) is 0 Å². The van der Waals surface area contributed by atoms with Gasteiger partial charge in [-0.25, -0.2) is 4.99 Å². The van der Waals surface area contributed by atoms with Crippen LogP contribution in [0.4, 0.5) is 0 Å². The van der Waals surface area contributed by atoms with E-state index in [-0.39, 0.29) is 29.5 Å². The second kappa shape index (κ2) is 11.3. The van der Waals surface area contributed by atoms with Gasteiger partial charge in [0.25, 0.3) is 5.56 Å². The number of halogens is 1. The third kappa shape index (κ3) is 7.01. The summed E-state index contributed by atoms with van der Waals surface area (Å²) in [7, 11) is 0. The molecular weight excluding hydrogens is 427 g/mol. The molecule has 25 heavy (non-hydrogen) atoms. The monoisotopic (exact) mass is 450 g/mol. The molecule has 1 heterocycles. The average molecular weight is 450 g/mol. The molecule has 2 aromatic rings. The molecule has 0 atom stereocenters. The molecule has 2 rings (SSSR count). The van der Waals surface area contributed by atoms with E-state index in [4.69, 9.17) is 6.42 Å². The summed E-state index contributed by atoms with van der Waals surface area (Å²) < 4.78 is 1.68. The standard InChI is InChI=1S/C19H22N4O.HI/c1-3-12-21-19(20-4-2)22-14-16-8-10-17(11-9-16)15-23-13-6-5-7-18(23)24;/h1,5-11,13H,4,12,14-15H2,2H3,(H2,20,21,22);1H. The van der Waals surface area contributed by atoms with Crippen LogP contribution < -0.4 is 16.2 Å². The van der Waals surface area contributed by atoms with E-state index < -0.39 is 0 Å². The maximum atomic E-state index is 11.7. The molecule has 0 radical (unpaired) electrons. The molecule has 132 valence electrons. The van der Waals surface area contributed by atoms with Crippen LogP contribution in [0.5, 0.6) is 0 Å². The van der Waals surface area contributed by atoms with Crippen molar-refractivity contribution in [2.75, 3.05) is 13.1 Å². The summed E-state index contributed by atoms with van der Waals surface area (Å²) in [6, 6.07) is 13.3. The predicted molar refractivity (Wildman–Crippen MR) is 113 cm³/mol. The fourth-order valence-corrected chi connectivity index (χ4v) is 2.18. The minimum Gasteiger partial charge on any atom is -0.357 e. The van der Waals surface area contributed by atoms with E-state index in [1.54, 1.807) is 22.9 Å². The fourth-order valence-electron chi connectivity index (χ4n) is 2.18. The lowest BCUT2D eigenvalue weighted by Gasteiger charge is -2.09. The Kier molecular flexibility index (Phi) is 9.40. The Morgan fingerprint density at radius 3 is 2.52 bits per heavy atom. The van der Waals surface area contributed by atoms with Crippen molar-refractivity contribution >= 4 is 29.9 Å². The zero-order chi connectivity index (χ0) is 17.2. The molecule has 0 aliphatic heterocycles. The van der Waals surface area contributed by atoms with Crippen LogP contribution in [-0.2, 0) is 13.1 Å². The highest BCUT2D eigenvalue weighted by atomic mass is 127. The van der Waals surface area contributed by atoms with Gasteiger partial charge < -0.3 is 15.2 Å². The third-order valence-corrected chi connectivity index (χ3v) is 3.40. The van der Waals surface area contributed by atoms with Crippen molar-refractivity contribution in [3.8, 4) is 12.3 Å². The Bertz CT molecular complexity index is 775. The van der Waals surface area contributed by atoms with Gasteiger partial charge >= 0.3 is 0 Å². The Labute approximate surface area is 165 Å². The number of nitrogens with zero attached hydrogens (tertiary/aromatic N) is 2. The molecule has 0 bridgehead atoms. The summed E-state index contributed by atoms with van der Waals surface area (Å²) in [6.45, 7) is 4.35. The average Bonchev–Trinajstić information content (AvgIpc) is 2.60. The molecule has 0 saturated carbocycles. The highest BCUT2D eigenvalue weighted by Crippen LogP contribution is 2.07. The van der Waals surface area contributed by atoms with E-state index in [0.717, 1.165) is 17.7 Å². The zero-order valence-corrected chi connectivity index (χ0v) is 16.6. The molecule has 0 saturated heterocycles. The van der Waals surface area contributed by atoms with Crippen LogP contribution in [0.3, 0.4) is 0 Å². The SMILES string of the molecule is C#CCNC(=NCc1ccc(Cn2ccccc2=O)cc1)NCC.I. The summed E-state index contributed by atoms with van der Waals surface area (Å²) in [5.41, 5.74) is 2.17. The number of benzene rings is 1. The number of guanidine groups is 1. The first-order valence-electron chi connectivity index (χ1n) is 7.92. The van der Waals surface area contributed by atoms with Crippen molar-refractivity contribution in [2.24, 2.45) is 4.99 Å². The lowest BCUT2D eigenvalue weighted by Crippen LogP contribution is -2.37. The van der Waals surface area contributed by atoms with Gasteiger partial charge in [0.15, 0.2) is 5.96 Å². The first kappa shape index (κ1) is 20.8. The number of rotatable bonds is 6. The van der Waals surface area contributed by atoms with Crippen LogP contribution in [0.25, 0.3) is 0 Å². The smallest absolute Gasteiger partial charge is 0.250 e. The largest absolute Gasteiger partial charge is 0.357 e. The molecule has 0 spiro atoms. The fraction of sp³-hybridized carbons (Fsp3) is 0.263. The minimum atomic E-state index is 0. The summed E-state index contributed by atoms with van der Waals surface area (Å²) in [6.07, 6.45) is 7.04. The van der Waals surface area contributed by atoms with Crippen LogP contribution >= 0.6 is 24.0 Å². The highest BCUT2D eigenvalue weighted by molar-refractivity contribution is 14.0. The van der Waals surface area contributed by atoms with Crippen LogP contribution in [0.2, 0.25) is 0 Å². The Morgan fingerprint density at radius 1 is 1.16 bits per heavy atom. The molecule has 6 heteroatoms. The van der Waals surface area contributed by atoms with Crippen molar-refractivity contribution in [1.29, 1.82) is 0 Å². The van der Waals surface area contributed by atoms with Gasteiger partial charge in [0.1, 0.15) is 0 Å². The van der Waals surface area contributed by atoms with Crippen molar-refractivity contribution < 1.29 is 0 Å². The van der Waals surface area contributed by atoms with Crippen molar-refractivity contribution in [3.05, 3.63) is 70.1 Å². The third-order valence-electron chi connectivity index (χ3n) is 3.40. The maximum absolute atomic E-state index is 11.7. The second-order valence-electron chi connectivity index (χ2n) is 5.24. The minimum absolute atomic E-state index is 0. The van der Waals surface area contributed by atoms with Gasteiger partial charge in [0.05, 0.1) is 19.6 Å². The molecule has 1 aromatic heterocycles. The number of hydrogen-bond donors (Lipinski definition) is 2. The second-order valence-corrected chi connectivity index (χ2v) is 5.24. The Balaban J connectivity index is 0.00000312. The van der Waals surface area contributed by atoms with Crippen molar-refractivity contribution in [2.45, 2.75) is 20.0 Å². The molecule has 0 aliphatic carbocycles. The summed E-state index contributed by atoms with van der Waals surface area (Å²) >= 11 is 0. The van der Waals surface area contributed by atoms with E-state index in [1.165, 1.54) is 0 Å². The van der Waals surface area contributed by atoms with Crippen molar-refractivity contribution in [1.82, 2.24) is 15.2 Å². The molecule has 0 aliphatic rings. The number of aliphatic imine (C=N–C) groups is 1. The summed E-state index contributed by atoms with van der Waals surface area (Å²) in [5, 5.41) is 6.20. The lowest BCUT2D eigenvalue weighted by molar-refractivity contribution is 0.759. The maximum Gasteiger partial charge on any atom is 0.250 e. The van der Waals surface area contributed by atoms with E-state index >= 15 is 0 Å². The highest BCUT2D eigenvalue weighted by Gasteiger charge is 1.99. The van der Waals surface area contributed by atoms with Crippen LogP contribution in [0.1, 0.15) is 18.1 Å². The molecule has 5 nitrogen and oxygen atoms in total. The zero-order valence-electron chi connectivity index (χ0n) is 14.2. The van der Waals surface area contributed by atoms with E-state index in [9.17, 15) is 4.79 Å². The Morgan fingerprint density at radius 2 is 1.88 bits per heavy atom. The number of pyridine rings is 1. The van der Waals surface area contributed by atoms with Gasteiger partial charge in [-0.15, -0.1) is 30.4 Å². The molecule has 0 amide bonds. The summed E-state index contributed by atoms with van der Waals surface area (Å²) in [4.78, 5) is 16.2. The molecule has 2 N–H and O–H groups in total. The number of terminal acetylenes is 1. The first-order chi connectivity index (χ1) is 11.7. The normalized spacial score (nSPS) is 10.5. The van der Waals surface area contributed by atoms with Crippen LogP contribution in [-0.4, -0.2) is 23.6 Å². The first-order valence-corrected chi connectivity index (χ1v) is 7.92. The van der Waals surface area contributed by atoms with Gasteiger partial charge in [0, 0.05) is 18.8 Å². The van der Waals surface area contributed by atoms with E-state index in [1.807, 2.05) is 37.3 Å². The van der Waals surface area contributed by atoms with Gasteiger partial charge in [-0.05, 0) is 24.1 Å². The Hall–Kier alpha value is -2.27. The van der Waals surface area contributed by atoms with E-state index in [0.29, 0.717) is 25.6 Å². The van der Waals surface area contributed by atoms with Crippen LogP contribution in [0.15, 0.2) is 58.4 Å². The number of hydrogen-bond acceptors (Lipinski definition) is 2. The van der Waals surface area contributed by atoms with Crippen LogP contribution in [0, 0.1) is 12.3 Å². The molecule has 0 fully saturated rings. The lowest BCUT2D eigenvalue weighted by atomic mass is 10.1. The van der Waals surface area contributed by atoms with Gasteiger partial charge in [-0.1, -0.05) is 36.3 Å². The van der Waals surface area contributed by atoms with Gasteiger partial charge in [-0.3, -0.25) is 4.79 Å². The summed E-state index contributed by atoms with van der Waals surface area (Å²) in [5.74, 6) is 3.23. The van der Waals surface area contributed by atoms with Gasteiger partial charge in [-0.2, -0.15) is 0 Å². The van der Waals surface area contributed by atoms with Crippen molar-refractivity contribution in [3.63, 3.8) is 0 Å². The quantitative estimate of drug-likeness (QED) is 0.307.